The maximum atomic E-state index is 11.8. The number of rotatable bonds is 3. The normalized spacial score (nSPS) is 12.2. The second kappa shape index (κ2) is 5.60. The summed E-state index contributed by atoms with van der Waals surface area (Å²) in [6.07, 6.45) is -0.744. The van der Waals surface area contributed by atoms with Crippen LogP contribution in [0.25, 0.3) is 11.0 Å². The number of esters is 1. The average Bonchev–Trinajstić information content (AvgIpc) is 2.43. The zero-order chi connectivity index (χ0) is 15.7. The fourth-order valence-corrected chi connectivity index (χ4v) is 2.19. The zero-order valence-corrected chi connectivity index (χ0v) is 12.8. The number of hydrogen-bond acceptors (Lipinski definition) is 5. The fourth-order valence-electron chi connectivity index (χ4n) is 2.19. The average molecular weight is 290 g/mol. The van der Waals surface area contributed by atoms with E-state index in [0.717, 1.165) is 11.1 Å². The first kappa shape index (κ1) is 15.1. The third kappa shape index (κ3) is 2.77. The molecule has 0 spiro atoms. The van der Waals surface area contributed by atoms with Crippen molar-refractivity contribution in [2.45, 2.75) is 33.8 Å². The van der Waals surface area contributed by atoms with Crippen LogP contribution in [0.2, 0.25) is 0 Å². The van der Waals surface area contributed by atoms with E-state index in [1.165, 1.54) is 7.11 Å². The van der Waals surface area contributed by atoms with Gasteiger partial charge in [-0.05, 0) is 51.0 Å². The van der Waals surface area contributed by atoms with Crippen molar-refractivity contribution < 1.29 is 18.7 Å². The first-order valence-electron chi connectivity index (χ1n) is 6.64. The van der Waals surface area contributed by atoms with Crippen LogP contribution in [0.3, 0.4) is 0 Å². The molecule has 2 rings (SSSR count). The molecule has 0 N–H and O–H groups in total. The molecular weight excluding hydrogens is 272 g/mol. The van der Waals surface area contributed by atoms with E-state index in [2.05, 4.69) is 4.74 Å². The number of carbonyl (C=O) groups is 1. The summed E-state index contributed by atoms with van der Waals surface area (Å²) in [6.45, 7) is 7.01. The van der Waals surface area contributed by atoms with Crippen molar-refractivity contribution in [1.82, 2.24) is 0 Å². The lowest BCUT2D eigenvalue weighted by atomic mass is 10.0. The van der Waals surface area contributed by atoms with E-state index in [1.54, 1.807) is 19.9 Å². The maximum Gasteiger partial charge on any atom is 0.346 e. The smallest absolute Gasteiger partial charge is 0.346 e. The molecule has 21 heavy (non-hydrogen) atoms. The number of ether oxygens (including phenoxy) is 2. The zero-order valence-electron chi connectivity index (χ0n) is 12.8. The Balaban J connectivity index is 2.65. The van der Waals surface area contributed by atoms with Crippen LogP contribution in [0.5, 0.6) is 5.75 Å². The highest BCUT2D eigenvalue weighted by atomic mass is 16.6. The number of benzene rings is 1. The molecule has 1 atom stereocenters. The number of fused-ring (bicyclic) bond motifs is 1. The molecule has 5 heteroatoms. The summed E-state index contributed by atoms with van der Waals surface area (Å²) in [5, 5.41) is 0.702. The second-order valence-corrected chi connectivity index (χ2v) is 5.06. The van der Waals surface area contributed by atoms with E-state index < -0.39 is 12.1 Å². The van der Waals surface area contributed by atoms with Gasteiger partial charge in [0, 0.05) is 5.56 Å². The summed E-state index contributed by atoms with van der Waals surface area (Å²) in [6, 6.07) is 3.59. The van der Waals surface area contributed by atoms with Gasteiger partial charge in [-0.2, -0.15) is 0 Å². The van der Waals surface area contributed by atoms with Crippen LogP contribution in [0.15, 0.2) is 21.3 Å². The van der Waals surface area contributed by atoms with Crippen LogP contribution in [0, 0.1) is 20.8 Å². The third-order valence-corrected chi connectivity index (χ3v) is 3.49. The van der Waals surface area contributed by atoms with Crippen molar-refractivity contribution in [1.29, 1.82) is 0 Å². The molecule has 0 fully saturated rings. The van der Waals surface area contributed by atoms with Gasteiger partial charge in [-0.15, -0.1) is 0 Å². The van der Waals surface area contributed by atoms with E-state index in [-0.39, 0.29) is 5.63 Å². The molecule has 5 nitrogen and oxygen atoms in total. The summed E-state index contributed by atoms with van der Waals surface area (Å²) < 4.78 is 15.7. The van der Waals surface area contributed by atoms with Crippen molar-refractivity contribution in [3.8, 4) is 5.75 Å². The number of hydrogen-bond donors (Lipinski definition) is 0. The quantitative estimate of drug-likeness (QED) is 0.642. The van der Waals surface area contributed by atoms with Crippen LogP contribution in [-0.4, -0.2) is 19.2 Å². The lowest BCUT2D eigenvalue weighted by Crippen LogP contribution is -2.25. The number of methoxy groups -OCH3 is 1. The molecule has 1 aromatic heterocycles. The minimum absolute atomic E-state index is 0.363. The number of aryl methyl sites for hydroxylation is 2. The second-order valence-electron chi connectivity index (χ2n) is 5.06. The highest BCUT2D eigenvalue weighted by molar-refractivity contribution is 5.88. The standard InChI is InChI=1S/C16H18O5/c1-8-6-12(20-11(4)16(18)19-5)14-9(2)10(3)15(17)21-13(14)7-8/h6-7,11H,1-5H3/t11-/m1/s1. The first-order chi connectivity index (χ1) is 9.85. The predicted molar refractivity (Wildman–Crippen MR) is 78.8 cm³/mol. The van der Waals surface area contributed by atoms with Crippen LogP contribution in [0.4, 0.5) is 0 Å². The Hall–Kier alpha value is -2.30. The molecule has 0 saturated heterocycles. The van der Waals surface area contributed by atoms with Crippen LogP contribution in [-0.2, 0) is 9.53 Å². The van der Waals surface area contributed by atoms with Gasteiger partial charge < -0.3 is 13.9 Å². The summed E-state index contributed by atoms with van der Waals surface area (Å²) in [5.74, 6) is 0.0451. The highest BCUT2D eigenvalue weighted by Crippen LogP contribution is 2.31. The lowest BCUT2D eigenvalue weighted by molar-refractivity contribution is -0.147. The molecular formula is C16H18O5. The third-order valence-electron chi connectivity index (χ3n) is 3.49. The van der Waals surface area contributed by atoms with Crippen molar-refractivity contribution in [3.63, 3.8) is 0 Å². The first-order valence-corrected chi connectivity index (χ1v) is 6.64. The largest absolute Gasteiger partial charge is 0.478 e. The molecule has 1 heterocycles. The van der Waals surface area contributed by atoms with Crippen LogP contribution < -0.4 is 10.4 Å². The summed E-state index contributed by atoms with van der Waals surface area (Å²) in [5.41, 5.74) is 2.28. The molecule has 0 saturated carbocycles. The number of carbonyl (C=O) groups excluding carboxylic acids is 1. The molecule has 2 aromatic rings. The van der Waals surface area contributed by atoms with Gasteiger partial charge in [-0.25, -0.2) is 9.59 Å². The van der Waals surface area contributed by atoms with E-state index in [0.29, 0.717) is 22.3 Å². The topological polar surface area (TPSA) is 65.7 Å². The summed E-state index contributed by atoms with van der Waals surface area (Å²) in [4.78, 5) is 23.3. The van der Waals surface area contributed by atoms with Crippen molar-refractivity contribution in [2.24, 2.45) is 0 Å². The Labute approximate surface area is 122 Å². The molecule has 0 radical (unpaired) electrons. The predicted octanol–water partition coefficient (Wildman–Crippen LogP) is 2.66. The van der Waals surface area contributed by atoms with E-state index >= 15 is 0 Å². The maximum absolute atomic E-state index is 11.8. The Bertz CT molecular complexity index is 757. The molecule has 112 valence electrons. The Morgan fingerprint density at radius 2 is 1.86 bits per heavy atom. The van der Waals surface area contributed by atoms with Gasteiger partial charge in [-0.1, -0.05) is 0 Å². The molecule has 0 aliphatic heterocycles. The van der Waals surface area contributed by atoms with E-state index in [9.17, 15) is 9.59 Å². The molecule has 0 aliphatic carbocycles. The highest BCUT2D eigenvalue weighted by Gasteiger charge is 2.19. The molecule has 0 unspecified atom stereocenters. The van der Waals surface area contributed by atoms with Gasteiger partial charge in [0.2, 0.25) is 0 Å². The SMILES string of the molecule is COC(=O)[C@@H](C)Oc1cc(C)cc2oc(=O)c(C)c(C)c12. The Kier molecular flexibility index (Phi) is 4.02. The van der Waals surface area contributed by atoms with Crippen molar-refractivity contribution >= 4 is 16.9 Å². The lowest BCUT2D eigenvalue weighted by Gasteiger charge is -2.16. The van der Waals surface area contributed by atoms with Crippen LogP contribution >= 0.6 is 0 Å². The van der Waals surface area contributed by atoms with E-state index in [4.69, 9.17) is 9.15 Å². The van der Waals surface area contributed by atoms with Gasteiger partial charge in [0.05, 0.1) is 12.5 Å². The Morgan fingerprint density at radius 3 is 2.48 bits per heavy atom. The fraction of sp³-hybridized carbons (Fsp3) is 0.375. The molecule has 0 bridgehead atoms. The van der Waals surface area contributed by atoms with Gasteiger partial charge in [0.15, 0.2) is 6.10 Å². The monoisotopic (exact) mass is 290 g/mol. The molecule has 0 amide bonds. The van der Waals surface area contributed by atoms with Crippen LogP contribution in [0.1, 0.15) is 23.6 Å². The molecule has 0 aliphatic rings. The summed E-state index contributed by atoms with van der Waals surface area (Å²) >= 11 is 0. The van der Waals surface area contributed by atoms with Gasteiger partial charge in [0.25, 0.3) is 0 Å². The van der Waals surface area contributed by atoms with Gasteiger partial charge >= 0.3 is 11.6 Å². The van der Waals surface area contributed by atoms with Crippen molar-refractivity contribution in [2.75, 3.05) is 7.11 Å². The molecule has 1 aromatic carbocycles. The minimum atomic E-state index is -0.744. The van der Waals surface area contributed by atoms with Crippen molar-refractivity contribution in [3.05, 3.63) is 39.2 Å². The van der Waals surface area contributed by atoms with Gasteiger partial charge in [-0.3, -0.25) is 0 Å². The Morgan fingerprint density at radius 1 is 1.19 bits per heavy atom. The summed E-state index contributed by atoms with van der Waals surface area (Å²) in [7, 11) is 1.31. The van der Waals surface area contributed by atoms with E-state index in [1.807, 2.05) is 19.9 Å². The van der Waals surface area contributed by atoms with Gasteiger partial charge in [0.1, 0.15) is 11.3 Å². The minimum Gasteiger partial charge on any atom is -0.478 e.